The first-order valence-corrected chi connectivity index (χ1v) is 20.2. The van der Waals surface area contributed by atoms with Crippen LogP contribution in [0.15, 0.2) is 60.7 Å². The molecule has 2 aromatic carbocycles. The fraction of sp³-hybridized carbons (Fsp3) is 0.610. The first-order valence-electron chi connectivity index (χ1n) is 18.4. The lowest BCUT2D eigenvalue weighted by Crippen LogP contribution is -2.53. The number of ether oxygens (including phenoxy) is 4. The molecule has 312 valence electrons. The highest BCUT2D eigenvalue weighted by Gasteiger charge is 2.76. The van der Waals surface area contributed by atoms with Gasteiger partial charge in [-0.1, -0.05) is 60.7 Å². The third kappa shape index (κ3) is 11.4. The molecule has 2 saturated carbocycles. The molecule has 0 aliphatic heterocycles. The fourth-order valence-corrected chi connectivity index (χ4v) is 6.84. The lowest BCUT2D eigenvalue weighted by molar-refractivity contribution is -0.160. The number of carbonyl (C=O) groups is 4. The van der Waals surface area contributed by atoms with Crippen molar-refractivity contribution in [3.8, 4) is 0 Å². The Morgan fingerprint density at radius 1 is 0.589 bits per heavy atom. The molecular formula is C41H60N2O12S. The maximum absolute atomic E-state index is 13.3. The maximum atomic E-state index is 13.3. The Morgan fingerprint density at radius 3 is 1.23 bits per heavy atom. The molecule has 3 N–H and O–H groups in total. The zero-order chi connectivity index (χ0) is 42.8. The van der Waals surface area contributed by atoms with Gasteiger partial charge in [0.1, 0.15) is 22.4 Å². The number of benzene rings is 2. The van der Waals surface area contributed by atoms with Crippen molar-refractivity contribution in [1.82, 2.24) is 10.6 Å². The van der Waals surface area contributed by atoms with Gasteiger partial charge in [-0.2, -0.15) is 8.42 Å². The Balaban J connectivity index is 0.000000303. The summed E-state index contributed by atoms with van der Waals surface area (Å²) in [6.07, 6.45) is -0.229. The predicted octanol–water partition coefficient (Wildman–Crippen LogP) is 5.84. The van der Waals surface area contributed by atoms with E-state index in [1.54, 1.807) is 113 Å². The minimum Gasteiger partial charge on any atom is -0.458 e. The third-order valence-corrected chi connectivity index (χ3v) is 9.43. The van der Waals surface area contributed by atoms with Gasteiger partial charge in [0.25, 0.3) is 10.1 Å². The number of hydrogen-bond acceptors (Lipinski definition) is 12. The molecule has 4 unspecified atom stereocenters. The van der Waals surface area contributed by atoms with Crippen LogP contribution in [-0.4, -0.2) is 90.6 Å². The van der Waals surface area contributed by atoms with Crippen LogP contribution in [-0.2, 0) is 53.7 Å². The molecule has 2 amide bonds. The Hall–Kier alpha value is -4.21. The fourth-order valence-electron chi connectivity index (χ4n) is 6.43. The van der Waals surface area contributed by atoms with Crippen molar-refractivity contribution in [3.05, 3.63) is 71.8 Å². The Kier molecular flexibility index (Phi) is 13.2. The number of hydrogen-bond donors (Lipinski definition) is 3. The summed E-state index contributed by atoms with van der Waals surface area (Å²) < 4.78 is 50.3. The van der Waals surface area contributed by atoms with Gasteiger partial charge in [-0.25, -0.2) is 19.2 Å². The Labute approximate surface area is 331 Å². The number of rotatable bonds is 10. The van der Waals surface area contributed by atoms with Crippen LogP contribution in [0.25, 0.3) is 0 Å². The zero-order valence-electron chi connectivity index (χ0n) is 34.9. The van der Waals surface area contributed by atoms with E-state index < -0.39 is 78.6 Å². The summed E-state index contributed by atoms with van der Waals surface area (Å²) in [6.45, 7) is 20.2. The van der Waals surface area contributed by atoms with Crippen LogP contribution in [0.2, 0.25) is 0 Å². The molecule has 0 aromatic heterocycles. The lowest BCUT2D eigenvalue weighted by atomic mass is 9.91. The van der Waals surface area contributed by atoms with E-state index >= 15 is 0 Å². The number of carbonyl (C=O) groups excluding carboxylic acids is 4. The second kappa shape index (κ2) is 16.0. The van der Waals surface area contributed by atoms with E-state index in [2.05, 4.69) is 10.6 Å². The number of nitrogens with one attached hydrogen (secondary N) is 2. The molecule has 2 aliphatic carbocycles. The van der Waals surface area contributed by atoms with Crippen LogP contribution in [0, 0.1) is 0 Å². The van der Waals surface area contributed by atoms with Gasteiger partial charge >= 0.3 is 24.1 Å². The summed E-state index contributed by atoms with van der Waals surface area (Å²) >= 11 is 0. The van der Waals surface area contributed by atoms with E-state index in [4.69, 9.17) is 23.1 Å². The summed E-state index contributed by atoms with van der Waals surface area (Å²) in [6, 6.07) is 18.0. The largest absolute Gasteiger partial charge is 0.458 e. The number of amides is 2. The molecule has 2 aromatic rings. The van der Waals surface area contributed by atoms with Crippen molar-refractivity contribution in [3.63, 3.8) is 0 Å². The van der Waals surface area contributed by atoms with E-state index in [-0.39, 0.29) is 26.1 Å². The van der Waals surface area contributed by atoms with Gasteiger partial charge < -0.3 is 34.7 Å². The molecule has 0 spiro atoms. The molecule has 0 heterocycles. The summed E-state index contributed by atoms with van der Waals surface area (Å²) in [5.41, 5.74) is -6.57. The predicted molar refractivity (Wildman–Crippen MR) is 209 cm³/mol. The van der Waals surface area contributed by atoms with Crippen molar-refractivity contribution in [2.24, 2.45) is 0 Å². The number of aliphatic hydroxyl groups excluding tert-OH is 1. The standard InChI is InChI=1S/C21H31NO7S.C20H29NO5/c1-18(2,3)28-16(23)21(22-17(24)29-19(4,5)6)13-20(21,14-27-30(7,25)26)15-11-9-8-10-12-15;1-17(2,3)25-15(23)20(21-16(24)26-18(4,5)6)12-19(20,13-22)14-10-8-7-9-11-14/h8-12H,13-14H2,1-7H3,(H,22,24);7-11,22H,12-13H2,1-6H3,(H,21,24). The van der Waals surface area contributed by atoms with Gasteiger partial charge in [0.15, 0.2) is 11.1 Å². The van der Waals surface area contributed by atoms with E-state index in [1.807, 2.05) is 30.3 Å². The van der Waals surface area contributed by atoms with Gasteiger partial charge in [0.05, 0.1) is 30.3 Å². The van der Waals surface area contributed by atoms with Gasteiger partial charge in [-0.05, 0) is 107 Å². The van der Waals surface area contributed by atoms with Crippen molar-refractivity contribution >= 4 is 34.2 Å². The average Bonchev–Trinajstić information content (AvgIpc) is 3.89. The smallest absolute Gasteiger partial charge is 0.408 e. The lowest BCUT2D eigenvalue weighted by Gasteiger charge is -2.30. The highest BCUT2D eigenvalue weighted by Crippen LogP contribution is 2.60. The molecule has 56 heavy (non-hydrogen) atoms. The van der Waals surface area contributed by atoms with Crippen molar-refractivity contribution < 1.29 is 55.8 Å². The van der Waals surface area contributed by atoms with E-state index in [9.17, 15) is 32.7 Å². The van der Waals surface area contributed by atoms with Crippen molar-refractivity contribution in [2.75, 3.05) is 19.5 Å². The summed E-state index contributed by atoms with van der Waals surface area (Å²) in [5.74, 6) is -1.25. The quantitative estimate of drug-likeness (QED) is 0.148. The number of aliphatic hydroxyl groups is 1. The molecule has 15 heteroatoms. The van der Waals surface area contributed by atoms with Crippen LogP contribution < -0.4 is 10.6 Å². The molecule has 0 saturated heterocycles. The summed E-state index contributed by atoms with van der Waals surface area (Å²) in [5, 5.41) is 15.5. The van der Waals surface area contributed by atoms with Crippen LogP contribution in [0.5, 0.6) is 0 Å². The van der Waals surface area contributed by atoms with Crippen LogP contribution in [0.4, 0.5) is 9.59 Å². The van der Waals surface area contributed by atoms with Crippen LogP contribution >= 0.6 is 0 Å². The minimum atomic E-state index is -3.79. The molecule has 14 nitrogen and oxygen atoms in total. The summed E-state index contributed by atoms with van der Waals surface area (Å²) in [7, 11) is -3.79. The Morgan fingerprint density at radius 2 is 0.911 bits per heavy atom. The molecule has 2 fully saturated rings. The molecule has 4 rings (SSSR count). The SMILES string of the molecule is CC(C)(C)OC(=O)NC1(C(=O)OC(C)(C)C)CC1(CO)c1ccccc1.CC(C)(C)OC(=O)NC1(C(=O)OC(C)(C)C)CC1(COS(C)(=O)=O)c1ccccc1. The highest BCUT2D eigenvalue weighted by atomic mass is 32.2. The maximum Gasteiger partial charge on any atom is 0.408 e. The monoisotopic (exact) mass is 804 g/mol. The molecule has 2 aliphatic rings. The molecule has 4 atom stereocenters. The van der Waals surface area contributed by atoms with Crippen LogP contribution in [0.3, 0.4) is 0 Å². The zero-order valence-corrected chi connectivity index (χ0v) is 35.8. The first-order chi connectivity index (χ1) is 25.3. The van der Waals surface area contributed by atoms with E-state index in [0.29, 0.717) is 5.56 Å². The van der Waals surface area contributed by atoms with Gasteiger partial charge in [0, 0.05) is 0 Å². The minimum absolute atomic E-state index is 0.105. The van der Waals surface area contributed by atoms with Crippen LogP contribution in [0.1, 0.15) is 107 Å². The second-order valence-electron chi connectivity index (χ2n) is 18.4. The Bertz CT molecular complexity index is 1840. The van der Waals surface area contributed by atoms with Crippen molar-refractivity contribution in [1.29, 1.82) is 0 Å². The third-order valence-electron chi connectivity index (χ3n) is 8.88. The molecule has 0 radical (unpaired) electrons. The molecular weight excluding hydrogens is 745 g/mol. The average molecular weight is 805 g/mol. The van der Waals surface area contributed by atoms with E-state index in [1.165, 1.54) is 0 Å². The number of esters is 2. The topological polar surface area (TPSA) is 193 Å². The van der Waals surface area contributed by atoms with Crippen molar-refractivity contribution in [2.45, 2.75) is 140 Å². The van der Waals surface area contributed by atoms with Gasteiger partial charge in [0.2, 0.25) is 0 Å². The summed E-state index contributed by atoms with van der Waals surface area (Å²) in [4.78, 5) is 51.2. The van der Waals surface area contributed by atoms with E-state index in [0.717, 1.165) is 11.8 Å². The normalized spacial score (nSPS) is 24.7. The first kappa shape index (κ1) is 46.2. The second-order valence-corrected chi connectivity index (χ2v) is 20.1. The van der Waals surface area contributed by atoms with Gasteiger partial charge in [-0.15, -0.1) is 0 Å². The molecule has 0 bridgehead atoms. The number of alkyl carbamates (subject to hydrolysis) is 2. The highest BCUT2D eigenvalue weighted by molar-refractivity contribution is 7.86. The van der Waals surface area contributed by atoms with Gasteiger partial charge in [-0.3, -0.25) is 4.18 Å².